The highest BCUT2D eigenvalue weighted by atomic mass is 32.1. The lowest BCUT2D eigenvalue weighted by atomic mass is 10.2. The van der Waals surface area contributed by atoms with Crippen molar-refractivity contribution in [2.45, 2.75) is 32.9 Å². The molecule has 0 aliphatic carbocycles. The number of nitrogens with zero attached hydrogens (tertiary/aromatic N) is 2. The number of fused-ring (bicyclic) bond motifs is 1. The number of thiazole rings is 1. The predicted octanol–water partition coefficient (Wildman–Crippen LogP) is 1.20. The van der Waals surface area contributed by atoms with Gasteiger partial charge in [0.2, 0.25) is 0 Å². The fourth-order valence-corrected chi connectivity index (χ4v) is 3.12. The van der Waals surface area contributed by atoms with Crippen LogP contribution >= 0.6 is 11.3 Å². The monoisotopic (exact) mass is 312 g/mol. The number of aromatic nitrogens is 1. The third kappa shape index (κ3) is 4.40. The number of rotatable bonds is 4. The van der Waals surface area contributed by atoms with Gasteiger partial charge in [0.15, 0.2) is 5.13 Å². The van der Waals surface area contributed by atoms with Crippen LogP contribution in [0.3, 0.4) is 0 Å². The van der Waals surface area contributed by atoms with Crippen LogP contribution in [-0.4, -0.2) is 48.1 Å². The molecule has 7 nitrogen and oxygen atoms in total. The van der Waals surface area contributed by atoms with E-state index in [4.69, 9.17) is 0 Å². The molecule has 0 radical (unpaired) electrons. The van der Waals surface area contributed by atoms with E-state index in [9.17, 15) is 9.59 Å². The second kappa shape index (κ2) is 6.86. The third-order valence-electron chi connectivity index (χ3n) is 3.03. The van der Waals surface area contributed by atoms with Gasteiger partial charge in [0.05, 0.1) is 19.3 Å². The summed E-state index contributed by atoms with van der Waals surface area (Å²) in [7, 11) is 1.39. The highest BCUT2D eigenvalue weighted by molar-refractivity contribution is 7.15. The largest absolute Gasteiger partial charge is 0.468 e. The third-order valence-corrected chi connectivity index (χ3v) is 4.03. The summed E-state index contributed by atoms with van der Waals surface area (Å²) in [4.78, 5) is 30.5. The molecule has 1 aliphatic heterocycles. The van der Waals surface area contributed by atoms with Crippen LogP contribution < -0.4 is 10.6 Å². The van der Waals surface area contributed by atoms with Gasteiger partial charge in [-0.25, -0.2) is 9.78 Å². The summed E-state index contributed by atoms with van der Waals surface area (Å²) in [5.74, 6) is -0.238. The fraction of sp³-hybridized carbons (Fsp3) is 0.615. The van der Waals surface area contributed by atoms with Crippen LogP contribution in [0.15, 0.2) is 0 Å². The molecule has 0 spiro atoms. The van der Waals surface area contributed by atoms with Crippen molar-refractivity contribution in [3.05, 3.63) is 10.6 Å². The van der Waals surface area contributed by atoms with Crippen LogP contribution in [0.2, 0.25) is 0 Å². The van der Waals surface area contributed by atoms with Gasteiger partial charge in [-0.15, -0.1) is 11.3 Å². The minimum absolute atomic E-state index is 0.0788. The molecular weight excluding hydrogens is 292 g/mol. The normalized spacial score (nSPS) is 14.7. The molecule has 0 atom stereocenters. The van der Waals surface area contributed by atoms with Crippen molar-refractivity contribution in [3.63, 3.8) is 0 Å². The van der Waals surface area contributed by atoms with Gasteiger partial charge >= 0.3 is 12.0 Å². The lowest BCUT2D eigenvalue weighted by Crippen LogP contribution is -2.34. The first-order chi connectivity index (χ1) is 9.97. The Morgan fingerprint density at radius 3 is 2.90 bits per heavy atom. The smallest absolute Gasteiger partial charge is 0.321 e. The van der Waals surface area contributed by atoms with Crippen molar-refractivity contribution in [1.29, 1.82) is 0 Å². The first kappa shape index (κ1) is 15.7. The Bertz CT molecular complexity index is 529. The summed E-state index contributed by atoms with van der Waals surface area (Å²) in [5, 5.41) is 6.10. The first-order valence-electron chi connectivity index (χ1n) is 6.83. The van der Waals surface area contributed by atoms with E-state index in [0.29, 0.717) is 11.7 Å². The Morgan fingerprint density at radius 1 is 1.48 bits per heavy atom. The Labute approximate surface area is 127 Å². The molecule has 0 saturated heterocycles. The van der Waals surface area contributed by atoms with Crippen molar-refractivity contribution in [2.75, 3.05) is 25.5 Å². The highest BCUT2D eigenvalue weighted by Gasteiger charge is 2.23. The van der Waals surface area contributed by atoms with E-state index >= 15 is 0 Å². The molecule has 21 heavy (non-hydrogen) atoms. The Morgan fingerprint density at radius 2 is 2.24 bits per heavy atom. The topological polar surface area (TPSA) is 83.6 Å². The molecule has 2 rings (SSSR count). The number of ether oxygens (including phenoxy) is 1. The molecule has 8 heteroatoms. The zero-order chi connectivity index (χ0) is 15.4. The molecule has 0 bridgehead atoms. The molecule has 116 valence electrons. The van der Waals surface area contributed by atoms with Crippen molar-refractivity contribution < 1.29 is 14.3 Å². The van der Waals surface area contributed by atoms with Crippen molar-refractivity contribution >= 4 is 28.5 Å². The number of nitrogens with one attached hydrogen (secondary N) is 2. The molecule has 2 N–H and O–H groups in total. The summed E-state index contributed by atoms with van der Waals surface area (Å²) >= 11 is 1.45. The number of esters is 1. The zero-order valence-corrected chi connectivity index (χ0v) is 13.2. The van der Waals surface area contributed by atoms with Gasteiger partial charge in [-0.2, -0.15) is 0 Å². The molecule has 0 unspecified atom stereocenters. The van der Waals surface area contributed by atoms with Gasteiger partial charge in [0, 0.05) is 30.4 Å². The van der Waals surface area contributed by atoms with E-state index in [0.717, 1.165) is 23.5 Å². The number of carbonyl (C=O) groups is 2. The van der Waals surface area contributed by atoms with Gasteiger partial charge < -0.3 is 10.1 Å². The van der Waals surface area contributed by atoms with Crippen LogP contribution in [0.1, 0.15) is 24.4 Å². The van der Waals surface area contributed by atoms with E-state index in [1.807, 2.05) is 18.7 Å². The Kier molecular flexibility index (Phi) is 5.13. The second-order valence-corrected chi connectivity index (χ2v) is 6.26. The van der Waals surface area contributed by atoms with Crippen LogP contribution in [0.4, 0.5) is 9.93 Å². The van der Waals surface area contributed by atoms with E-state index in [-0.39, 0.29) is 24.6 Å². The molecule has 0 fully saturated rings. The highest BCUT2D eigenvalue weighted by Crippen LogP contribution is 2.28. The van der Waals surface area contributed by atoms with E-state index in [2.05, 4.69) is 20.4 Å². The van der Waals surface area contributed by atoms with E-state index in [1.165, 1.54) is 18.4 Å². The predicted molar refractivity (Wildman–Crippen MR) is 80.4 cm³/mol. The lowest BCUT2D eigenvalue weighted by molar-refractivity contribution is -0.142. The van der Waals surface area contributed by atoms with E-state index < -0.39 is 0 Å². The number of hydrogen-bond acceptors (Lipinski definition) is 6. The molecule has 1 aliphatic rings. The quantitative estimate of drug-likeness (QED) is 0.816. The van der Waals surface area contributed by atoms with E-state index in [1.54, 1.807) is 0 Å². The molecule has 1 aromatic heterocycles. The summed E-state index contributed by atoms with van der Waals surface area (Å²) in [6.45, 7) is 5.51. The summed E-state index contributed by atoms with van der Waals surface area (Å²) in [5.41, 5.74) is 1.00. The number of carbonyl (C=O) groups excluding carboxylic acids is 2. The number of methoxy groups -OCH3 is 1. The van der Waals surface area contributed by atoms with Gasteiger partial charge in [-0.3, -0.25) is 15.0 Å². The summed E-state index contributed by atoms with van der Waals surface area (Å²) < 4.78 is 4.68. The molecule has 2 heterocycles. The van der Waals surface area contributed by atoms with Gasteiger partial charge in [-0.05, 0) is 13.8 Å². The average molecular weight is 312 g/mol. The van der Waals surface area contributed by atoms with Gasteiger partial charge in [0.1, 0.15) is 0 Å². The molecular formula is C13H20N4O3S. The lowest BCUT2D eigenvalue weighted by Gasteiger charge is -2.24. The average Bonchev–Trinajstić information content (AvgIpc) is 2.78. The number of hydrogen-bond donors (Lipinski definition) is 2. The standard InChI is InChI=1S/C13H20N4O3S/c1-8(2)14-12(19)16-13-15-9-4-5-17(6-10(9)21-13)7-11(18)20-3/h8H,4-7H2,1-3H3,(H2,14,15,16,19). The minimum Gasteiger partial charge on any atom is -0.468 e. The Hall–Kier alpha value is -1.67. The zero-order valence-electron chi connectivity index (χ0n) is 12.4. The number of anilines is 1. The van der Waals surface area contributed by atoms with Gasteiger partial charge in [-0.1, -0.05) is 0 Å². The maximum absolute atomic E-state index is 11.7. The molecule has 1 aromatic rings. The SMILES string of the molecule is COC(=O)CN1CCc2nc(NC(=O)NC(C)C)sc2C1. The number of urea groups is 1. The fourth-order valence-electron chi connectivity index (χ4n) is 2.08. The molecule has 0 aromatic carbocycles. The second-order valence-electron chi connectivity index (χ2n) is 5.18. The molecule has 0 saturated carbocycles. The maximum atomic E-state index is 11.7. The number of amides is 2. The van der Waals surface area contributed by atoms with Crippen LogP contribution in [0.25, 0.3) is 0 Å². The van der Waals surface area contributed by atoms with Crippen LogP contribution in [-0.2, 0) is 22.5 Å². The van der Waals surface area contributed by atoms with Gasteiger partial charge in [0.25, 0.3) is 0 Å². The summed E-state index contributed by atoms with van der Waals surface area (Å²) in [6.07, 6.45) is 0.774. The maximum Gasteiger partial charge on any atom is 0.321 e. The van der Waals surface area contributed by atoms with Crippen molar-refractivity contribution in [1.82, 2.24) is 15.2 Å². The minimum atomic E-state index is -0.248. The first-order valence-corrected chi connectivity index (χ1v) is 7.65. The summed E-state index contributed by atoms with van der Waals surface area (Å²) in [6, 6.07) is -0.169. The molecule has 2 amide bonds. The van der Waals surface area contributed by atoms with Crippen LogP contribution in [0, 0.1) is 0 Å². The van der Waals surface area contributed by atoms with Crippen molar-refractivity contribution in [3.8, 4) is 0 Å². The van der Waals surface area contributed by atoms with Crippen LogP contribution in [0.5, 0.6) is 0 Å². The van der Waals surface area contributed by atoms with Crippen molar-refractivity contribution in [2.24, 2.45) is 0 Å². The Balaban J connectivity index is 1.96.